The van der Waals surface area contributed by atoms with Crippen molar-refractivity contribution in [3.05, 3.63) is 0 Å². The first-order chi connectivity index (χ1) is 8.58. The Hall–Kier alpha value is -0.120. The Kier molecular flexibility index (Phi) is 7.20. The van der Waals surface area contributed by atoms with E-state index in [1.807, 2.05) is 0 Å². The van der Waals surface area contributed by atoms with E-state index in [1.165, 1.54) is 38.8 Å². The van der Waals surface area contributed by atoms with Crippen molar-refractivity contribution in [2.45, 2.75) is 64.6 Å². The maximum absolute atomic E-state index is 3.68. The lowest BCUT2D eigenvalue weighted by molar-refractivity contribution is 0.128. The Morgan fingerprint density at radius 3 is 2.50 bits per heavy atom. The van der Waals surface area contributed by atoms with Gasteiger partial charge in [-0.15, -0.1) is 0 Å². The first-order valence-corrected chi connectivity index (χ1v) is 7.72. The zero-order valence-electron chi connectivity index (χ0n) is 13.1. The summed E-state index contributed by atoms with van der Waals surface area (Å²) in [6, 6.07) is 2.22. The lowest BCUT2D eigenvalue weighted by atomic mass is 10.1. The molecule has 1 aliphatic rings. The van der Waals surface area contributed by atoms with Crippen LogP contribution >= 0.6 is 0 Å². The monoisotopic (exact) mass is 255 g/mol. The Bertz CT molecular complexity index is 218. The molecule has 3 atom stereocenters. The number of hydrogen-bond acceptors (Lipinski definition) is 3. The first kappa shape index (κ1) is 15.9. The largest absolute Gasteiger partial charge is 0.314 e. The molecular weight excluding hydrogens is 222 g/mol. The predicted molar refractivity (Wildman–Crippen MR) is 80.1 cm³/mol. The van der Waals surface area contributed by atoms with E-state index in [1.54, 1.807) is 0 Å². The smallest absolute Gasteiger partial charge is 0.0197 e. The molecule has 0 amide bonds. The van der Waals surface area contributed by atoms with E-state index in [4.69, 9.17) is 0 Å². The minimum atomic E-state index is 0.667. The Morgan fingerprint density at radius 2 is 1.94 bits per heavy atom. The summed E-state index contributed by atoms with van der Waals surface area (Å²) in [5, 5.41) is 3.68. The summed E-state index contributed by atoms with van der Waals surface area (Å²) in [7, 11) is 4.34. The van der Waals surface area contributed by atoms with Crippen LogP contribution in [0.2, 0.25) is 0 Å². The lowest BCUT2D eigenvalue weighted by Gasteiger charge is -2.35. The van der Waals surface area contributed by atoms with Crippen molar-refractivity contribution in [3.63, 3.8) is 0 Å². The fraction of sp³-hybridized carbons (Fsp3) is 1.00. The van der Waals surface area contributed by atoms with Crippen molar-refractivity contribution >= 4 is 0 Å². The van der Waals surface area contributed by atoms with Crippen molar-refractivity contribution in [3.8, 4) is 0 Å². The van der Waals surface area contributed by atoms with Crippen LogP contribution in [0, 0.1) is 0 Å². The molecule has 18 heavy (non-hydrogen) atoms. The molecule has 1 fully saturated rings. The van der Waals surface area contributed by atoms with Crippen molar-refractivity contribution in [1.29, 1.82) is 0 Å². The highest BCUT2D eigenvalue weighted by Gasteiger charge is 2.30. The van der Waals surface area contributed by atoms with Crippen LogP contribution in [0.3, 0.4) is 0 Å². The van der Waals surface area contributed by atoms with Crippen LogP contribution in [0.4, 0.5) is 0 Å². The second-order valence-electron chi connectivity index (χ2n) is 6.06. The van der Waals surface area contributed by atoms with Crippen LogP contribution in [0.5, 0.6) is 0 Å². The Morgan fingerprint density at radius 1 is 1.22 bits per heavy atom. The summed E-state index contributed by atoms with van der Waals surface area (Å²) < 4.78 is 0. The molecule has 0 aromatic carbocycles. The fourth-order valence-electron chi connectivity index (χ4n) is 3.36. The molecule has 0 saturated heterocycles. The summed E-state index contributed by atoms with van der Waals surface area (Å²) in [5.74, 6) is 0. The van der Waals surface area contributed by atoms with Gasteiger partial charge in [0.1, 0.15) is 0 Å². The number of hydrogen-bond donors (Lipinski definition) is 1. The number of rotatable bonds is 8. The topological polar surface area (TPSA) is 18.5 Å². The van der Waals surface area contributed by atoms with E-state index in [2.05, 4.69) is 50.0 Å². The van der Waals surface area contributed by atoms with Gasteiger partial charge in [0.05, 0.1) is 0 Å². The van der Waals surface area contributed by atoms with Crippen molar-refractivity contribution in [2.75, 3.05) is 33.7 Å². The van der Waals surface area contributed by atoms with Crippen molar-refractivity contribution < 1.29 is 0 Å². The molecule has 0 bridgehead atoms. The summed E-state index contributed by atoms with van der Waals surface area (Å²) >= 11 is 0. The van der Waals surface area contributed by atoms with Gasteiger partial charge in [-0.1, -0.05) is 13.8 Å². The van der Waals surface area contributed by atoms with E-state index >= 15 is 0 Å². The third-order valence-electron chi connectivity index (χ3n) is 4.12. The molecule has 0 aliphatic heterocycles. The molecule has 0 aromatic rings. The number of nitrogens with zero attached hydrogens (tertiary/aromatic N) is 2. The highest BCUT2D eigenvalue weighted by atomic mass is 15.2. The van der Waals surface area contributed by atoms with Gasteiger partial charge in [0.15, 0.2) is 0 Å². The quantitative estimate of drug-likeness (QED) is 0.717. The van der Waals surface area contributed by atoms with Gasteiger partial charge in [0.25, 0.3) is 0 Å². The van der Waals surface area contributed by atoms with E-state index in [9.17, 15) is 0 Å². The summed E-state index contributed by atoms with van der Waals surface area (Å²) in [5.41, 5.74) is 0. The summed E-state index contributed by atoms with van der Waals surface area (Å²) in [6.07, 6.45) is 5.31. The molecule has 1 N–H and O–H groups in total. The second kappa shape index (κ2) is 8.13. The van der Waals surface area contributed by atoms with Crippen molar-refractivity contribution in [2.24, 2.45) is 0 Å². The van der Waals surface area contributed by atoms with Gasteiger partial charge < -0.3 is 10.2 Å². The molecule has 3 nitrogen and oxygen atoms in total. The maximum Gasteiger partial charge on any atom is 0.0197 e. The molecule has 0 aromatic heterocycles. The molecule has 1 rings (SSSR count). The summed E-state index contributed by atoms with van der Waals surface area (Å²) in [6.45, 7) is 10.4. The average molecular weight is 255 g/mol. The van der Waals surface area contributed by atoms with Crippen molar-refractivity contribution in [1.82, 2.24) is 15.1 Å². The van der Waals surface area contributed by atoms with E-state index < -0.39 is 0 Å². The maximum atomic E-state index is 3.68. The molecule has 0 heterocycles. The van der Waals surface area contributed by atoms with E-state index in [0.717, 1.165) is 18.6 Å². The van der Waals surface area contributed by atoms with E-state index in [-0.39, 0.29) is 0 Å². The molecule has 1 saturated carbocycles. The number of likely N-dealkylation sites (N-methyl/N-ethyl adjacent to an activating group) is 2. The molecule has 0 spiro atoms. The van der Waals surface area contributed by atoms with Crippen LogP contribution in [-0.4, -0.2) is 61.7 Å². The molecular formula is C15H33N3. The minimum absolute atomic E-state index is 0.667. The third-order valence-corrected chi connectivity index (χ3v) is 4.12. The van der Waals surface area contributed by atoms with E-state index in [0.29, 0.717) is 6.04 Å². The third kappa shape index (κ3) is 4.87. The fourth-order valence-corrected chi connectivity index (χ4v) is 3.36. The highest BCUT2D eigenvalue weighted by Crippen LogP contribution is 2.25. The second-order valence-corrected chi connectivity index (χ2v) is 6.06. The van der Waals surface area contributed by atoms with Crippen LogP contribution in [0.25, 0.3) is 0 Å². The van der Waals surface area contributed by atoms with Gasteiger partial charge in [-0.2, -0.15) is 0 Å². The molecule has 3 heteroatoms. The highest BCUT2D eigenvalue weighted by molar-refractivity contribution is 4.88. The van der Waals surface area contributed by atoms with Gasteiger partial charge in [0, 0.05) is 24.7 Å². The van der Waals surface area contributed by atoms with Crippen LogP contribution in [0.1, 0.15) is 46.5 Å². The molecule has 1 aliphatic carbocycles. The molecule has 3 unspecified atom stereocenters. The first-order valence-electron chi connectivity index (χ1n) is 7.72. The standard InChI is InChI=1S/C15H33N3/c1-6-10-16-14-8-9-15(11-14)18(7-2)13(3)12-17(4)5/h13-16H,6-12H2,1-5H3. The molecule has 108 valence electrons. The lowest BCUT2D eigenvalue weighted by Crippen LogP contribution is -2.45. The van der Waals surface area contributed by atoms with Crippen LogP contribution < -0.4 is 5.32 Å². The average Bonchev–Trinajstić information content (AvgIpc) is 2.75. The zero-order chi connectivity index (χ0) is 13.5. The SMILES string of the molecule is CCCNC1CCC(N(CC)C(C)CN(C)C)C1. The van der Waals surface area contributed by atoms with Gasteiger partial charge in [-0.3, -0.25) is 4.90 Å². The minimum Gasteiger partial charge on any atom is -0.314 e. The Balaban J connectivity index is 2.41. The van der Waals surface area contributed by atoms with Gasteiger partial charge in [-0.25, -0.2) is 0 Å². The zero-order valence-corrected chi connectivity index (χ0v) is 13.1. The molecule has 0 radical (unpaired) electrons. The van der Waals surface area contributed by atoms with Gasteiger partial charge in [0.2, 0.25) is 0 Å². The van der Waals surface area contributed by atoms with Gasteiger partial charge in [-0.05, 0) is 59.8 Å². The number of nitrogens with one attached hydrogen (secondary N) is 1. The predicted octanol–water partition coefficient (Wildman–Crippen LogP) is 2.18. The van der Waals surface area contributed by atoms with Crippen LogP contribution in [-0.2, 0) is 0 Å². The van der Waals surface area contributed by atoms with Crippen LogP contribution in [0.15, 0.2) is 0 Å². The van der Waals surface area contributed by atoms with Gasteiger partial charge >= 0.3 is 0 Å². The Labute approximate surface area is 114 Å². The summed E-state index contributed by atoms with van der Waals surface area (Å²) in [4.78, 5) is 5.00. The normalized spacial score (nSPS) is 26.2.